The van der Waals surface area contributed by atoms with Crippen LogP contribution in [0.15, 0.2) is 23.0 Å². The van der Waals surface area contributed by atoms with Crippen molar-refractivity contribution in [1.82, 2.24) is 9.88 Å². The van der Waals surface area contributed by atoms with Crippen LogP contribution in [-0.4, -0.2) is 34.9 Å². The van der Waals surface area contributed by atoms with Gasteiger partial charge >= 0.3 is 6.09 Å². The Bertz CT molecular complexity index is 1110. The van der Waals surface area contributed by atoms with Gasteiger partial charge in [0.15, 0.2) is 6.61 Å². The standard InChI is InChI=1S/C25H35N3O6/c1-5-6-11-33-21-18-12-16(34-14-19(26)29)9-10-17(18)23(30)28(13-15-7-8-15)20(21)22(25(2,3)4)27-24(31)32/h9-10,12,15,22,27H,5-8,11,13-14H2,1-4H3,(H2,26,29)(H,31,32). The number of rotatable bonds is 11. The molecule has 1 aromatic carbocycles. The zero-order valence-electron chi connectivity index (χ0n) is 20.3. The number of primary amides is 1. The van der Waals surface area contributed by atoms with Crippen LogP contribution in [0.4, 0.5) is 4.79 Å². The molecule has 186 valence electrons. The topological polar surface area (TPSA) is 133 Å². The van der Waals surface area contributed by atoms with Gasteiger partial charge in [-0.25, -0.2) is 4.79 Å². The summed E-state index contributed by atoms with van der Waals surface area (Å²) in [7, 11) is 0. The first-order valence-corrected chi connectivity index (χ1v) is 11.8. The summed E-state index contributed by atoms with van der Waals surface area (Å²) in [5, 5.41) is 13.2. The van der Waals surface area contributed by atoms with Crippen LogP contribution < -0.4 is 26.1 Å². The molecule has 1 atom stereocenters. The number of hydrogen-bond acceptors (Lipinski definition) is 5. The number of nitrogens with zero attached hydrogens (tertiary/aromatic N) is 1. The third-order valence-electron chi connectivity index (χ3n) is 5.91. The summed E-state index contributed by atoms with van der Waals surface area (Å²) in [6.07, 6.45) is 2.60. The number of carboxylic acid groups (broad SMARTS) is 1. The highest BCUT2D eigenvalue weighted by molar-refractivity contribution is 5.90. The molecule has 9 nitrogen and oxygen atoms in total. The molecule has 3 rings (SSSR count). The summed E-state index contributed by atoms with van der Waals surface area (Å²) >= 11 is 0. The number of carbonyl (C=O) groups excluding carboxylic acids is 1. The number of benzene rings is 1. The van der Waals surface area contributed by atoms with Crippen LogP contribution in [-0.2, 0) is 11.3 Å². The van der Waals surface area contributed by atoms with Crippen LogP contribution >= 0.6 is 0 Å². The molecule has 0 aliphatic heterocycles. The number of unbranched alkanes of at least 4 members (excludes halogenated alkanes) is 1. The Hall–Kier alpha value is -3.23. The third kappa shape index (κ3) is 6.01. The number of carbonyl (C=O) groups is 2. The second kappa shape index (κ2) is 10.4. The van der Waals surface area contributed by atoms with Crippen molar-refractivity contribution in [3.63, 3.8) is 0 Å². The van der Waals surface area contributed by atoms with Crippen molar-refractivity contribution in [2.75, 3.05) is 13.2 Å². The van der Waals surface area contributed by atoms with Crippen molar-refractivity contribution in [3.05, 3.63) is 34.2 Å². The Morgan fingerprint density at radius 1 is 1.24 bits per heavy atom. The highest BCUT2D eigenvalue weighted by Gasteiger charge is 2.36. The summed E-state index contributed by atoms with van der Waals surface area (Å²) in [5.41, 5.74) is 4.97. The number of aromatic nitrogens is 1. The second-order valence-corrected chi connectivity index (χ2v) is 9.99. The minimum absolute atomic E-state index is 0.206. The molecule has 1 aromatic heterocycles. The Morgan fingerprint density at radius 3 is 2.50 bits per heavy atom. The number of amides is 2. The van der Waals surface area contributed by atoms with E-state index in [0.29, 0.717) is 47.0 Å². The fourth-order valence-electron chi connectivity index (χ4n) is 3.97. The van der Waals surface area contributed by atoms with Gasteiger partial charge in [-0.05, 0) is 48.8 Å². The van der Waals surface area contributed by atoms with Crippen LogP contribution in [0.25, 0.3) is 10.8 Å². The van der Waals surface area contributed by atoms with Gasteiger partial charge in [-0.3, -0.25) is 9.59 Å². The van der Waals surface area contributed by atoms with Gasteiger partial charge in [0.2, 0.25) is 0 Å². The highest BCUT2D eigenvalue weighted by Crippen LogP contribution is 2.42. The summed E-state index contributed by atoms with van der Waals surface area (Å²) in [6, 6.07) is 4.24. The first-order chi connectivity index (χ1) is 16.0. The van der Waals surface area contributed by atoms with E-state index in [1.165, 1.54) is 0 Å². The predicted octanol–water partition coefficient (Wildman–Crippen LogP) is 3.81. The average molecular weight is 474 g/mol. The second-order valence-electron chi connectivity index (χ2n) is 9.99. The molecule has 1 unspecified atom stereocenters. The van der Waals surface area contributed by atoms with Gasteiger partial charge in [0.1, 0.15) is 11.5 Å². The molecule has 0 spiro atoms. The number of pyridine rings is 1. The number of ether oxygens (including phenoxy) is 2. The van der Waals surface area contributed by atoms with E-state index in [1.54, 1.807) is 22.8 Å². The largest absolute Gasteiger partial charge is 0.491 e. The molecule has 1 saturated carbocycles. The fraction of sp³-hybridized carbons (Fsp3) is 0.560. The number of hydrogen-bond donors (Lipinski definition) is 3. The zero-order chi connectivity index (χ0) is 25.0. The number of nitrogens with two attached hydrogens (primary N) is 1. The van der Waals surface area contributed by atoms with Gasteiger partial charge in [0.05, 0.1) is 23.7 Å². The maximum absolute atomic E-state index is 13.7. The SMILES string of the molecule is CCCCOc1c(C(NC(=O)O)C(C)(C)C)n(CC2CC2)c(=O)c2ccc(OCC(N)=O)cc12. The van der Waals surface area contributed by atoms with Gasteiger partial charge in [-0.15, -0.1) is 0 Å². The summed E-state index contributed by atoms with van der Waals surface area (Å²) in [4.78, 5) is 36.7. The van der Waals surface area contributed by atoms with Crippen molar-refractivity contribution in [1.29, 1.82) is 0 Å². The van der Waals surface area contributed by atoms with E-state index >= 15 is 0 Å². The molecule has 9 heteroatoms. The Balaban J connectivity index is 2.32. The minimum atomic E-state index is -1.18. The first kappa shape index (κ1) is 25.4. The lowest BCUT2D eigenvalue weighted by atomic mass is 9.83. The molecule has 1 aliphatic rings. The zero-order valence-corrected chi connectivity index (χ0v) is 20.3. The lowest BCUT2D eigenvalue weighted by Gasteiger charge is -2.34. The third-order valence-corrected chi connectivity index (χ3v) is 5.91. The van der Waals surface area contributed by atoms with Crippen LogP contribution in [0.3, 0.4) is 0 Å². The average Bonchev–Trinajstić information content (AvgIpc) is 3.57. The summed E-state index contributed by atoms with van der Waals surface area (Å²) in [6.45, 7) is 8.44. The minimum Gasteiger partial charge on any atom is -0.491 e. The highest BCUT2D eigenvalue weighted by atomic mass is 16.5. The molecule has 2 amide bonds. The Kier molecular flexibility index (Phi) is 7.74. The predicted molar refractivity (Wildman–Crippen MR) is 129 cm³/mol. The van der Waals surface area contributed by atoms with E-state index in [1.807, 2.05) is 20.8 Å². The summed E-state index contributed by atoms with van der Waals surface area (Å²) < 4.78 is 13.5. The maximum atomic E-state index is 13.7. The lowest BCUT2D eigenvalue weighted by molar-refractivity contribution is -0.119. The fourth-order valence-corrected chi connectivity index (χ4v) is 3.97. The van der Waals surface area contributed by atoms with Crippen LogP contribution in [0.1, 0.15) is 65.1 Å². The molecule has 0 radical (unpaired) electrons. The maximum Gasteiger partial charge on any atom is 0.405 e. The molecule has 1 fully saturated rings. The quantitative estimate of drug-likeness (QED) is 0.425. The van der Waals surface area contributed by atoms with E-state index < -0.39 is 23.5 Å². The molecule has 0 saturated heterocycles. The van der Waals surface area contributed by atoms with Gasteiger partial charge in [-0.1, -0.05) is 34.1 Å². The first-order valence-electron chi connectivity index (χ1n) is 11.8. The number of fused-ring (bicyclic) bond motifs is 1. The van der Waals surface area contributed by atoms with E-state index in [4.69, 9.17) is 15.2 Å². The summed E-state index contributed by atoms with van der Waals surface area (Å²) in [5.74, 6) is 0.594. The van der Waals surface area contributed by atoms with Gasteiger partial charge in [0, 0.05) is 11.9 Å². The number of nitrogens with one attached hydrogen (secondary N) is 1. The molecular weight excluding hydrogens is 438 g/mol. The monoisotopic (exact) mass is 473 g/mol. The van der Waals surface area contributed by atoms with E-state index in [2.05, 4.69) is 12.2 Å². The normalized spacial score (nSPS) is 14.6. The van der Waals surface area contributed by atoms with Crippen molar-refractivity contribution < 1.29 is 24.2 Å². The van der Waals surface area contributed by atoms with Crippen molar-refractivity contribution >= 4 is 22.8 Å². The van der Waals surface area contributed by atoms with Crippen LogP contribution in [0.5, 0.6) is 11.5 Å². The molecule has 1 aliphatic carbocycles. The van der Waals surface area contributed by atoms with Crippen molar-refractivity contribution in [2.24, 2.45) is 17.1 Å². The Morgan fingerprint density at radius 2 is 1.94 bits per heavy atom. The molecule has 1 heterocycles. The van der Waals surface area contributed by atoms with Gasteiger partial charge in [0.25, 0.3) is 11.5 Å². The van der Waals surface area contributed by atoms with Gasteiger partial charge in [-0.2, -0.15) is 0 Å². The van der Waals surface area contributed by atoms with Gasteiger partial charge < -0.3 is 30.2 Å². The molecule has 34 heavy (non-hydrogen) atoms. The molecule has 2 aromatic rings. The van der Waals surface area contributed by atoms with E-state index in [0.717, 1.165) is 25.7 Å². The van der Waals surface area contributed by atoms with Crippen molar-refractivity contribution in [2.45, 2.75) is 66.0 Å². The smallest absolute Gasteiger partial charge is 0.405 e. The van der Waals surface area contributed by atoms with Crippen molar-refractivity contribution in [3.8, 4) is 11.5 Å². The lowest BCUT2D eigenvalue weighted by Crippen LogP contribution is -2.40. The van der Waals surface area contributed by atoms with Crippen LogP contribution in [0, 0.1) is 11.3 Å². The van der Waals surface area contributed by atoms with E-state index in [-0.39, 0.29) is 12.2 Å². The Labute approximate surface area is 199 Å². The molecule has 4 N–H and O–H groups in total. The molecular formula is C25H35N3O6. The molecule has 0 bridgehead atoms. The van der Waals surface area contributed by atoms with Crippen LogP contribution in [0.2, 0.25) is 0 Å². The van der Waals surface area contributed by atoms with E-state index in [9.17, 15) is 19.5 Å².